The summed E-state index contributed by atoms with van der Waals surface area (Å²) in [6.07, 6.45) is 2.78. The average molecular weight is 250 g/mol. The molecule has 2 aliphatic heterocycles. The zero-order chi connectivity index (χ0) is 11.8. The Balaban J connectivity index is 1.71. The van der Waals surface area contributed by atoms with Crippen molar-refractivity contribution < 1.29 is 0 Å². The van der Waals surface area contributed by atoms with Gasteiger partial charge in [-0.15, -0.1) is 11.3 Å². The van der Waals surface area contributed by atoms with Crippen LogP contribution in [-0.2, 0) is 0 Å². The molecular formula is C14H22N2S. The number of piperidine rings is 1. The molecule has 2 saturated heterocycles. The molecule has 0 amide bonds. The summed E-state index contributed by atoms with van der Waals surface area (Å²) in [6.45, 7) is 8.36. The first-order valence-electron chi connectivity index (χ1n) is 6.77. The smallest absolute Gasteiger partial charge is 0.0416 e. The van der Waals surface area contributed by atoms with E-state index in [0.29, 0.717) is 6.04 Å². The molecule has 2 fully saturated rings. The lowest BCUT2D eigenvalue weighted by molar-refractivity contribution is 0.253. The second-order valence-electron chi connectivity index (χ2n) is 5.56. The van der Waals surface area contributed by atoms with E-state index in [1.165, 1.54) is 38.0 Å². The number of aryl methyl sites for hydroxylation is 1. The molecule has 3 heterocycles. The van der Waals surface area contributed by atoms with Crippen LogP contribution in [0.15, 0.2) is 11.4 Å². The average Bonchev–Trinajstić information content (AvgIpc) is 2.93. The van der Waals surface area contributed by atoms with Crippen LogP contribution < -0.4 is 5.32 Å². The van der Waals surface area contributed by atoms with Crippen molar-refractivity contribution in [2.24, 2.45) is 5.92 Å². The summed E-state index contributed by atoms with van der Waals surface area (Å²) in [5.41, 5.74) is 1.46. The summed E-state index contributed by atoms with van der Waals surface area (Å²) < 4.78 is 0. The van der Waals surface area contributed by atoms with Crippen molar-refractivity contribution in [3.63, 3.8) is 0 Å². The third-order valence-electron chi connectivity index (χ3n) is 4.46. The van der Waals surface area contributed by atoms with Gasteiger partial charge in [0.25, 0.3) is 0 Å². The normalized spacial score (nSPS) is 31.4. The van der Waals surface area contributed by atoms with Gasteiger partial charge in [0.2, 0.25) is 0 Å². The highest BCUT2D eigenvalue weighted by Gasteiger charge is 2.36. The minimum atomic E-state index is 0.599. The van der Waals surface area contributed by atoms with E-state index in [1.807, 2.05) is 11.3 Å². The Labute approximate surface area is 108 Å². The first-order chi connectivity index (χ1) is 8.25. The number of fused-ring (bicyclic) bond motifs is 1. The topological polar surface area (TPSA) is 15.3 Å². The molecule has 0 bridgehead atoms. The Morgan fingerprint density at radius 1 is 1.47 bits per heavy atom. The standard InChI is InChI=1S/C14H22N2S/c1-10-5-7-17-14(10)11(2)16-8-12-4-3-6-15-13(12)9-16/h5,7,11-13,15H,3-4,6,8-9H2,1-2H3/t11?,12-,13+/m0/s1. The Morgan fingerprint density at radius 2 is 2.35 bits per heavy atom. The highest BCUT2D eigenvalue weighted by atomic mass is 32.1. The van der Waals surface area contributed by atoms with E-state index in [4.69, 9.17) is 0 Å². The van der Waals surface area contributed by atoms with Gasteiger partial charge in [0.05, 0.1) is 0 Å². The molecular weight excluding hydrogens is 228 g/mol. The van der Waals surface area contributed by atoms with Crippen LogP contribution in [0.2, 0.25) is 0 Å². The molecule has 0 spiro atoms. The number of hydrogen-bond acceptors (Lipinski definition) is 3. The summed E-state index contributed by atoms with van der Waals surface area (Å²) in [4.78, 5) is 4.23. The van der Waals surface area contributed by atoms with Crippen molar-refractivity contribution in [3.05, 3.63) is 21.9 Å². The first-order valence-corrected chi connectivity index (χ1v) is 7.65. The molecule has 0 saturated carbocycles. The lowest BCUT2D eigenvalue weighted by Gasteiger charge is -2.25. The fourth-order valence-electron chi connectivity index (χ4n) is 3.37. The molecule has 2 aliphatic rings. The van der Waals surface area contributed by atoms with Gasteiger partial charge in [-0.2, -0.15) is 0 Å². The van der Waals surface area contributed by atoms with E-state index < -0.39 is 0 Å². The van der Waals surface area contributed by atoms with E-state index in [9.17, 15) is 0 Å². The maximum atomic E-state index is 3.69. The van der Waals surface area contributed by atoms with Crippen LogP contribution in [0.4, 0.5) is 0 Å². The molecule has 0 radical (unpaired) electrons. The van der Waals surface area contributed by atoms with Gasteiger partial charge in [-0.1, -0.05) is 0 Å². The van der Waals surface area contributed by atoms with Crippen molar-refractivity contribution in [2.45, 2.75) is 38.8 Å². The van der Waals surface area contributed by atoms with Crippen molar-refractivity contribution in [1.29, 1.82) is 0 Å². The molecule has 3 atom stereocenters. The molecule has 0 aromatic carbocycles. The fraction of sp³-hybridized carbons (Fsp3) is 0.714. The monoisotopic (exact) mass is 250 g/mol. The molecule has 2 nitrogen and oxygen atoms in total. The SMILES string of the molecule is Cc1ccsc1C(C)N1C[C@@H]2CCCN[C@@H]2C1. The highest BCUT2D eigenvalue weighted by molar-refractivity contribution is 7.10. The van der Waals surface area contributed by atoms with E-state index in [1.54, 1.807) is 4.88 Å². The van der Waals surface area contributed by atoms with Gasteiger partial charge in [-0.3, -0.25) is 4.90 Å². The summed E-state index contributed by atoms with van der Waals surface area (Å²) in [7, 11) is 0. The maximum Gasteiger partial charge on any atom is 0.0416 e. The molecule has 1 aromatic heterocycles. The largest absolute Gasteiger partial charge is 0.312 e. The number of rotatable bonds is 2. The Bertz CT molecular complexity index is 373. The third-order valence-corrected chi connectivity index (χ3v) is 5.65. The second-order valence-corrected chi connectivity index (χ2v) is 6.51. The molecule has 1 N–H and O–H groups in total. The van der Waals surface area contributed by atoms with Gasteiger partial charge in [-0.05, 0) is 56.2 Å². The fourth-order valence-corrected chi connectivity index (χ4v) is 4.39. The molecule has 17 heavy (non-hydrogen) atoms. The van der Waals surface area contributed by atoms with Crippen molar-refractivity contribution in [3.8, 4) is 0 Å². The van der Waals surface area contributed by atoms with Crippen LogP contribution in [0.1, 0.15) is 36.2 Å². The van der Waals surface area contributed by atoms with Gasteiger partial charge >= 0.3 is 0 Å². The number of likely N-dealkylation sites (tertiary alicyclic amines) is 1. The maximum absolute atomic E-state index is 3.69. The van der Waals surface area contributed by atoms with Crippen LogP contribution >= 0.6 is 11.3 Å². The molecule has 3 heteroatoms. The Morgan fingerprint density at radius 3 is 3.06 bits per heavy atom. The number of hydrogen-bond donors (Lipinski definition) is 1. The summed E-state index contributed by atoms with van der Waals surface area (Å²) in [5.74, 6) is 0.895. The van der Waals surface area contributed by atoms with Crippen LogP contribution in [0.25, 0.3) is 0 Å². The molecule has 1 aromatic rings. The van der Waals surface area contributed by atoms with Crippen LogP contribution in [0.5, 0.6) is 0 Å². The number of nitrogens with one attached hydrogen (secondary N) is 1. The summed E-state index contributed by atoms with van der Waals surface area (Å²) in [5, 5.41) is 5.91. The lowest BCUT2D eigenvalue weighted by atomic mass is 9.94. The minimum absolute atomic E-state index is 0.599. The summed E-state index contributed by atoms with van der Waals surface area (Å²) in [6, 6.07) is 3.60. The Hall–Kier alpha value is -0.380. The van der Waals surface area contributed by atoms with Crippen molar-refractivity contribution in [1.82, 2.24) is 10.2 Å². The van der Waals surface area contributed by atoms with E-state index in [-0.39, 0.29) is 0 Å². The van der Waals surface area contributed by atoms with Gasteiger partial charge in [0.15, 0.2) is 0 Å². The van der Waals surface area contributed by atoms with E-state index >= 15 is 0 Å². The highest BCUT2D eigenvalue weighted by Crippen LogP contribution is 2.34. The van der Waals surface area contributed by atoms with Crippen LogP contribution in [-0.4, -0.2) is 30.6 Å². The van der Waals surface area contributed by atoms with Gasteiger partial charge < -0.3 is 5.32 Å². The van der Waals surface area contributed by atoms with Crippen LogP contribution in [0.3, 0.4) is 0 Å². The predicted molar refractivity (Wildman–Crippen MR) is 73.6 cm³/mol. The van der Waals surface area contributed by atoms with Crippen LogP contribution in [0, 0.1) is 12.8 Å². The third kappa shape index (κ3) is 2.16. The van der Waals surface area contributed by atoms with Gasteiger partial charge in [0, 0.05) is 30.1 Å². The molecule has 0 aliphatic carbocycles. The molecule has 3 rings (SSSR count). The van der Waals surface area contributed by atoms with Gasteiger partial charge in [0.1, 0.15) is 0 Å². The zero-order valence-corrected chi connectivity index (χ0v) is 11.6. The molecule has 94 valence electrons. The zero-order valence-electron chi connectivity index (χ0n) is 10.8. The van der Waals surface area contributed by atoms with E-state index in [0.717, 1.165) is 12.0 Å². The van der Waals surface area contributed by atoms with Gasteiger partial charge in [-0.25, -0.2) is 0 Å². The number of thiophene rings is 1. The van der Waals surface area contributed by atoms with Crippen molar-refractivity contribution >= 4 is 11.3 Å². The second kappa shape index (κ2) is 4.71. The number of nitrogens with zero attached hydrogens (tertiary/aromatic N) is 1. The lowest BCUT2D eigenvalue weighted by Crippen LogP contribution is -2.40. The molecule has 1 unspecified atom stereocenters. The Kier molecular flexibility index (Phi) is 3.24. The minimum Gasteiger partial charge on any atom is -0.312 e. The predicted octanol–water partition coefficient (Wildman–Crippen LogP) is 2.80. The van der Waals surface area contributed by atoms with Crippen molar-refractivity contribution in [2.75, 3.05) is 19.6 Å². The quantitative estimate of drug-likeness (QED) is 0.868. The van der Waals surface area contributed by atoms with E-state index in [2.05, 4.69) is 35.5 Å². The summed E-state index contributed by atoms with van der Waals surface area (Å²) >= 11 is 1.92. The first kappa shape index (κ1) is 11.7.